The molecule has 1 rings (SSSR count). The van der Waals surface area contributed by atoms with E-state index in [2.05, 4.69) is 6.92 Å². The molecule has 0 unspecified atom stereocenters. The summed E-state index contributed by atoms with van der Waals surface area (Å²) in [4.78, 5) is 11.9. The van der Waals surface area contributed by atoms with Crippen molar-refractivity contribution in [3.05, 3.63) is 35.1 Å². The minimum atomic E-state index is -4.70. The number of alkyl halides is 3. The van der Waals surface area contributed by atoms with E-state index in [1.807, 2.05) is 0 Å². The first-order chi connectivity index (χ1) is 15.3. The van der Waals surface area contributed by atoms with Gasteiger partial charge in [-0.3, -0.25) is 0 Å². The monoisotopic (exact) mass is 460 g/mol. The molecule has 0 atom stereocenters. The maximum atomic E-state index is 13.4. The van der Waals surface area contributed by atoms with Crippen LogP contribution in [0.5, 0.6) is 0 Å². The van der Waals surface area contributed by atoms with Crippen LogP contribution in [0.3, 0.4) is 0 Å². The Bertz CT molecular complexity index is 629. The lowest BCUT2D eigenvalue weighted by Crippen LogP contribution is -2.11. The minimum absolute atomic E-state index is 0.134. The molecule has 0 spiro atoms. The van der Waals surface area contributed by atoms with Gasteiger partial charge in [-0.05, 0) is 24.6 Å². The summed E-state index contributed by atoms with van der Waals surface area (Å²) in [6.07, 6.45) is 15.0. The molecule has 0 saturated carbocycles. The summed E-state index contributed by atoms with van der Waals surface area (Å²) in [6, 6.07) is 1.76. The van der Waals surface area contributed by atoms with Crippen LogP contribution in [0.4, 0.5) is 17.6 Å². The molecule has 2 nitrogen and oxygen atoms in total. The number of benzene rings is 1. The van der Waals surface area contributed by atoms with E-state index in [4.69, 9.17) is 4.74 Å². The van der Waals surface area contributed by atoms with Crippen molar-refractivity contribution in [1.29, 1.82) is 0 Å². The Balaban J connectivity index is 1.97. The van der Waals surface area contributed by atoms with Crippen LogP contribution in [0.2, 0.25) is 0 Å². The van der Waals surface area contributed by atoms with Crippen molar-refractivity contribution >= 4 is 5.97 Å². The Morgan fingerprint density at radius 2 is 1.16 bits per heavy atom. The van der Waals surface area contributed by atoms with E-state index in [1.165, 1.54) is 77.0 Å². The fourth-order valence-electron chi connectivity index (χ4n) is 3.77. The average molecular weight is 461 g/mol. The molecule has 0 N–H and O–H groups in total. The molecular formula is C26H40F4O2. The van der Waals surface area contributed by atoms with Crippen molar-refractivity contribution < 1.29 is 27.1 Å². The second-order valence-corrected chi connectivity index (χ2v) is 8.67. The van der Waals surface area contributed by atoms with Crippen LogP contribution < -0.4 is 0 Å². The molecule has 0 aromatic heterocycles. The van der Waals surface area contributed by atoms with Gasteiger partial charge in [-0.2, -0.15) is 13.2 Å². The number of hydrogen-bond donors (Lipinski definition) is 0. The van der Waals surface area contributed by atoms with Gasteiger partial charge in [-0.25, -0.2) is 9.18 Å². The highest BCUT2D eigenvalue weighted by Crippen LogP contribution is 2.30. The quantitative estimate of drug-likeness (QED) is 0.124. The second kappa shape index (κ2) is 17.0. The number of esters is 1. The molecule has 0 radical (unpaired) electrons. The fourth-order valence-corrected chi connectivity index (χ4v) is 3.77. The number of rotatable bonds is 18. The van der Waals surface area contributed by atoms with Crippen LogP contribution in [0.25, 0.3) is 0 Å². The van der Waals surface area contributed by atoms with Gasteiger partial charge in [0.15, 0.2) is 0 Å². The third kappa shape index (κ3) is 13.7. The van der Waals surface area contributed by atoms with E-state index in [9.17, 15) is 22.4 Å². The second-order valence-electron chi connectivity index (χ2n) is 8.67. The molecular weight excluding hydrogens is 420 g/mol. The number of unbranched alkanes of at least 4 members (excludes halogenated alkanes) is 15. The van der Waals surface area contributed by atoms with Gasteiger partial charge in [0, 0.05) is 0 Å². The van der Waals surface area contributed by atoms with Crippen LogP contribution >= 0.6 is 0 Å². The minimum Gasteiger partial charge on any atom is -0.462 e. The largest absolute Gasteiger partial charge is 0.462 e. The highest BCUT2D eigenvalue weighted by atomic mass is 19.4. The number of carbonyl (C=O) groups is 1. The first-order valence-corrected chi connectivity index (χ1v) is 12.4. The number of carbonyl (C=O) groups excluding carboxylic acids is 1. The predicted octanol–water partition coefficient (Wildman–Crippen LogP) is 9.26. The predicted molar refractivity (Wildman–Crippen MR) is 121 cm³/mol. The summed E-state index contributed by atoms with van der Waals surface area (Å²) in [5.41, 5.74) is -1.60. The molecule has 0 saturated heterocycles. The zero-order valence-corrected chi connectivity index (χ0v) is 19.6. The van der Waals surface area contributed by atoms with E-state index in [0.29, 0.717) is 18.6 Å². The van der Waals surface area contributed by atoms with Crippen molar-refractivity contribution in [2.75, 3.05) is 6.61 Å². The first-order valence-electron chi connectivity index (χ1n) is 12.4. The standard InChI is InChI=1S/C26H40F4O2/c1-2-3-4-5-6-7-8-9-10-11-12-13-14-15-16-17-18-32-25(31)22-19-23(26(28,29)30)21-24(27)20-22/h19-21H,2-18H2,1H3. The number of ether oxygens (including phenoxy) is 1. The lowest BCUT2D eigenvalue weighted by atomic mass is 10.0. The third-order valence-corrected chi connectivity index (χ3v) is 5.69. The summed E-state index contributed by atoms with van der Waals surface area (Å²) in [5.74, 6) is -2.02. The zero-order valence-electron chi connectivity index (χ0n) is 19.6. The van der Waals surface area contributed by atoms with Crippen molar-refractivity contribution in [3.63, 3.8) is 0 Å². The number of halogens is 4. The van der Waals surface area contributed by atoms with E-state index >= 15 is 0 Å². The molecule has 0 amide bonds. The fraction of sp³-hybridized carbons (Fsp3) is 0.731. The Morgan fingerprint density at radius 1 is 0.719 bits per heavy atom. The van der Waals surface area contributed by atoms with Crippen LogP contribution in [0, 0.1) is 5.82 Å². The average Bonchev–Trinajstić information content (AvgIpc) is 2.74. The summed E-state index contributed by atoms with van der Waals surface area (Å²) in [5, 5.41) is 0. The maximum absolute atomic E-state index is 13.4. The molecule has 0 aliphatic carbocycles. The molecule has 0 fully saturated rings. The number of hydrogen-bond acceptors (Lipinski definition) is 2. The van der Waals surface area contributed by atoms with Crippen LogP contribution in [0.15, 0.2) is 18.2 Å². The van der Waals surface area contributed by atoms with E-state index < -0.39 is 29.1 Å². The highest BCUT2D eigenvalue weighted by molar-refractivity contribution is 5.89. The molecule has 0 aliphatic heterocycles. The molecule has 0 heterocycles. The molecule has 184 valence electrons. The Kier molecular flexibility index (Phi) is 15.1. The van der Waals surface area contributed by atoms with Crippen molar-refractivity contribution in [2.45, 2.75) is 116 Å². The summed E-state index contributed by atoms with van der Waals surface area (Å²) in [7, 11) is 0. The van der Waals surface area contributed by atoms with Gasteiger partial charge in [0.1, 0.15) is 5.82 Å². The van der Waals surface area contributed by atoms with Gasteiger partial charge < -0.3 is 4.74 Å². The van der Waals surface area contributed by atoms with Gasteiger partial charge in [0.05, 0.1) is 17.7 Å². The summed E-state index contributed by atoms with van der Waals surface area (Å²) < 4.78 is 56.5. The smallest absolute Gasteiger partial charge is 0.416 e. The molecule has 1 aromatic carbocycles. The normalized spacial score (nSPS) is 11.7. The van der Waals surface area contributed by atoms with Crippen LogP contribution in [0.1, 0.15) is 126 Å². The molecule has 6 heteroatoms. The lowest BCUT2D eigenvalue weighted by molar-refractivity contribution is -0.137. The van der Waals surface area contributed by atoms with Gasteiger partial charge in [0.2, 0.25) is 0 Å². The van der Waals surface area contributed by atoms with Crippen molar-refractivity contribution in [2.24, 2.45) is 0 Å². The van der Waals surface area contributed by atoms with Gasteiger partial charge in [0.25, 0.3) is 0 Å². The van der Waals surface area contributed by atoms with Gasteiger partial charge >= 0.3 is 12.1 Å². The Labute approximate surface area is 191 Å². The van der Waals surface area contributed by atoms with Crippen molar-refractivity contribution in [1.82, 2.24) is 0 Å². The van der Waals surface area contributed by atoms with E-state index in [-0.39, 0.29) is 6.61 Å². The Morgan fingerprint density at radius 3 is 1.59 bits per heavy atom. The van der Waals surface area contributed by atoms with Crippen LogP contribution in [-0.4, -0.2) is 12.6 Å². The van der Waals surface area contributed by atoms with E-state index in [1.54, 1.807) is 0 Å². The van der Waals surface area contributed by atoms with Crippen molar-refractivity contribution in [3.8, 4) is 0 Å². The first kappa shape index (κ1) is 28.4. The van der Waals surface area contributed by atoms with E-state index in [0.717, 1.165) is 25.3 Å². The highest BCUT2D eigenvalue weighted by Gasteiger charge is 2.32. The molecule has 1 aromatic rings. The summed E-state index contributed by atoms with van der Waals surface area (Å²) >= 11 is 0. The zero-order chi connectivity index (χ0) is 23.7. The van der Waals surface area contributed by atoms with Gasteiger partial charge in [-0.1, -0.05) is 103 Å². The SMILES string of the molecule is CCCCCCCCCCCCCCCCCCOC(=O)c1cc(F)cc(C(F)(F)F)c1. The maximum Gasteiger partial charge on any atom is 0.416 e. The molecule has 32 heavy (non-hydrogen) atoms. The lowest BCUT2D eigenvalue weighted by Gasteiger charge is -2.09. The molecule has 0 bridgehead atoms. The Hall–Kier alpha value is -1.59. The molecule has 0 aliphatic rings. The van der Waals surface area contributed by atoms with Gasteiger partial charge in [-0.15, -0.1) is 0 Å². The third-order valence-electron chi connectivity index (χ3n) is 5.69. The summed E-state index contributed by atoms with van der Waals surface area (Å²) in [6.45, 7) is 2.38. The van der Waals surface area contributed by atoms with Crippen LogP contribution in [-0.2, 0) is 10.9 Å². The topological polar surface area (TPSA) is 26.3 Å².